The van der Waals surface area contributed by atoms with Gasteiger partial charge in [0, 0.05) is 18.5 Å². The highest BCUT2D eigenvalue weighted by Crippen LogP contribution is 2.45. The molecule has 0 radical (unpaired) electrons. The lowest BCUT2D eigenvalue weighted by Gasteiger charge is -2.53. The van der Waals surface area contributed by atoms with Gasteiger partial charge in [-0.1, -0.05) is 0 Å². The molecule has 2 fully saturated rings. The van der Waals surface area contributed by atoms with Crippen molar-refractivity contribution < 1.29 is 4.74 Å². The first-order valence-corrected chi connectivity index (χ1v) is 5.03. The van der Waals surface area contributed by atoms with Gasteiger partial charge in [-0.15, -0.1) is 12.4 Å². The van der Waals surface area contributed by atoms with E-state index in [-0.39, 0.29) is 12.4 Å². The summed E-state index contributed by atoms with van der Waals surface area (Å²) in [5, 5.41) is 13.6. The lowest BCUT2D eigenvalue weighted by molar-refractivity contribution is -0.110. The number of hydrogen-bond donors (Lipinski definition) is 2. The van der Waals surface area contributed by atoms with Crippen LogP contribution in [0.1, 0.15) is 18.5 Å². The van der Waals surface area contributed by atoms with E-state index < -0.39 is 0 Å². The molecule has 0 amide bonds. The molecule has 5 nitrogen and oxygen atoms in total. The van der Waals surface area contributed by atoms with Gasteiger partial charge >= 0.3 is 0 Å². The Balaban J connectivity index is 0.000000853. The Morgan fingerprint density at radius 3 is 2.80 bits per heavy atom. The number of hydrogen-bond acceptors (Lipinski definition) is 4. The van der Waals surface area contributed by atoms with Crippen molar-refractivity contribution in [3.63, 3.8) is 0 Å². The van der Waals surface area contributed by atoms with E-state index in [2.05, 4.69) is 20.7 Å². The molecule has 2 heterocycles. The van der Waals surface area contributed by atoms with Crippen LogP contribution in [0, 0.1) is 5.41 Å². The van der Waals surface area contributed by atoms with Crippen molar-refractivity contribution in [2.24, 2.45) is 5.41 Å². The Morgan fingerprint density at radius 1 is 1.47 bits per heavy atom. The first-order chi connectivity index (χ1) is 6.86. The number of rotatable bonds is 3. The van der Waals surface area contributed by atoms with Crippen molar-refractivity contribution in [3.05, 3.63) is 11.9 Å². The van der Waals surface area contributed by atoms with Crippen molar-refractivity contribution in [3.8, 4) is 0 Å². The van der Waals surface area contributed by atoms with Crippen LogP contribution in [-0.4, -0.2) is 34.6 Å². The molecule has 0 bridgehead atoms. The maximum atomic E-state index is 5.70. The third-order valence-electron chi connectivity index (χ3n) is 3.25. The fourth-order valence-electron chi connectivity index (χ4n) is 2.29. The summed E-state index contributed by atoms with van der Waals surface area (Å²) in [6.45, 7) is 2.94. The van der Waals surface area contributed by atoms with E-state index in [0.29, 0.717) is 18.1 Å². The molecule has 1 spiro atoms. The van der Waals surface area contributed by atoms with Gasteiger partial charge in [-0.05, 0) is 12.8 Å². The summed E-state index contributed by atoms with van der Waals surface area (Å²) in [6, 6.07) is 0. The molecule has 84 valence electrons. The molecule has 0 unspecified atom stereocenters. The second kappa shape index (κ2) is 4.08. The summed E-state index contributed by atoms with van der Waals surface area (Å²) in [4.78, 5) is 0. The Labute approximate surface area is 94.4 Å². The minimum Gasteiger partial charge on any atom is -0.372 e. The highest BCUT2D eigenvalue weighted by atomic mass is 35.5. The second-order valence-corrected chi connectivity index (χ2v) is 4.41. The van der Waals surface area contributed by atoms with Gasteiger partial charge in [-0.3, -0.25) is 0 Å². The van der Waals surface area contributed by atoms with E-state index in [0.717, 1.165) is 5.69 Å². The van der Waals surface area contributed by atoms with Crippen LogP contribution in [0.25, 0.3) is 0 Å². The Morgan fingerprint density at radius 2 is 2.27 bits per heavy atom. The predicted molar refractivity (Wildman–Crippen MR) is 56.7 cm³/mol. The van der Waals surface area contributed by atoms with E-state index in [1.54, 1.807) is 6.20 Å². The lowest BCUT2D eigenvalue weighted by Crippen LogP contribution is -2.62. The number of halogens is 1. The largest absolute Gasteiger partial charge is 0.372 e. The van der Waals surface area contributed by atoms with E-state index >= 15 is 0 Å². The van der Waals surface area contributed by atoms with Crippen molar-refractivity contribution in [2.45, 2.75) is 25.6 Å². The van der Waals surface area contributed by atoms with Gasteiger partial charge in [-0.2, -0.15) is 15.4 Å². The molecule has 1 aliphatic carbocycles. The van der Waals surface area contributed by atoms with Crippen LogP contribution in [-0.2, 0) is 11.3 Å². The molecule has 0 atom stereocenters. The SMILES string of the molecule is Cl.c1n[nH]nc1COC1CC2(CNC2)C1. The standard InChI is InChI=1S/C9H14N4O.ClH/c1-8(2-9(1)5-10-6-9)14-4-7-3-11-13-12-7;/h3,8,10H,1-2,4-6H2,(H,11,12,13);1H. The van der Waals surface area contributed by atoms with Gasteiger partial charge in [0.05, 0.1) is 18.9 Å². The maximum absolute atomic E-state index is 5.70. The normalized spacial score (nSPS) is 22.9. The van der Waals surface area contributed by atoms with E-state index in [1.807, 2.05) is 0 Å². The summed E-state index contributed by atoms with van der Waals surface area (Å²) in [6.07, 6.45) is 4.56. The average Bonchev–Trinajstić information content (AvgIpc) is 2.50. The summed E-state index contributed by atoms with van der Waals surface area (Å²) >= 11 is 0. The van der Waals surface area contributed by atoms with E-state index in [1.165, 1.54) is 25.9 Å². The molecule has 1 saturated carbocycles. The highest BCUT2D eigenvalue weighted by molar-refractivity contribution is 5.85. The quantitative estimate of drug-likeness (QED) is 0.794. The average molecular weight is 231 g/mol. The number of aromatic nitrogens is 3. The molecule has 0 aromatic carbocycles. The van der Waals surface area contributed by atoms with Crippen molar-refractivity contribution in [2.75, 3.05) is 13.1 Å². The van der Waals surface area contributed by atoms with Crippen LogP contribution in [0.2, 0.25) is 0 Å². The number of aromatic amines is 1. The monoisotopic (exact) mass is 230 g/mol. The van der Waals surface area contributed by atoms with Gasteiger partial charge in [-0.25, -0.2) is 0 Å². The zero-order valence-electron chi connectivity index (χ0n) is 8.40. The first kappa shape index (κ1) is 10.9. The third-order valence-corrected chi connectivity index (χ3v) is 3.25. The van der Waals surface area contributed by atoms with Gasteiger partial charge in [0.25, 0.3) is 0 Å². The smallest absolute Gasteiger partial charge is 0.108 e. The number of H-pyrrole nitrogens is 1. The van der Waals surface area contributed by atoms with Crippen LogP contribution >= 0.6 is 12.4 Å². The van der Waals surface area contributed by atoms with Crippen LogP contribution in [0.4, 0.5) is 0 Å². The molecule has 15 heavy (non-hydrogen) atoms. The van der Waals surface area contributed by atoms with Crippen molar-refractivity contribution in [1.82, 2.24) is 20.7 Å². The summed E-state index contributed by atoms with van der Waals surface area (Å²) in [7, 11) is 0. The number of nitrogens with zero attached hydrogens (tertiary/aromatic N) is 2. The summed E-state index contributed by atoms with van der Waals surface area (Å²) < 4.78 is 5.70. The molecular weight excluding hydrogens is 216 g/mol. The highest BCUT2D eigenvalue weighted by Gasteiger charge is 2.48. The summed E-state index contributed by atoms with van der Waals surface area (Å²) in [5.74, 6) is 0. The number of ether oxygens (including phenoxy) is 1. The van der Waals surface area contributed by atoms with Gasteiger partial charge in [0.2, 0.25) is 0 Å². The fraction of sp³-hybridized carbons (Fsp3) is 0.778. The topological polar surface area (TPSA) is 62.8 Å². The molecule has 3 rings (SSSR count). The van der Waals surface area contributed by atoms with Crippen LogP contribution in [0.15, 0.2) is 6.20 Å². The maximum Gasteiger partial charge on any atom is 0.108 e. The van der Waals surface area contributed by atoms with Gasteiger partial charge < -0.3 is 10.1 Å². The molecule has 1 saturated heterocycles. The minimum atomic E-state index is 0. The predicted octanol–water partition coefficient (Wildman–Crippen LogP) is 0.495. The molecule has 6 heteroatoms. The lowest BCUT2D eigenvalue weighted by atomic mass is 9.63. The van der Waals surface area contributed by atoms with E-state index in [9.17, 15) is 0 Å². The molecule has 1 aromatic heterocycles. The summed E-state index contributed by atoms with van der Waals surface area (Å²) in [5.41, 5.74) is 1.48. The van der Waals surface area contributed by atoms with Crippen LogP contribution < -0.4 is 5.32 Å². The molecule has 2 aliphatic rings. The zero-order valence-corrected chi connectivity index (χ0v) is 9.22. The van der Waals surface area contributed by atoms with Gasteiger partial charge in [0.15, 0.2) is 0 Å². The molecule has 2 N–H and O–H groups in total. The van der Waals surface area contributed by atoms with Crippen molar-refractivity contribution >= 4 is 12.4 Å². The molecular formula is C9H15ClN4O. The Hall–Kier alpha value is -0.650. The third kappa shape index (κ3) is 2.00. The number of nitrogens with one attached hydrogen (secondary N) is 2. The Bertz CT molecular complexity index is 304. The van der Waals surface area contributed by atoms with Gasteiger partial charge in [0.1, 0.15) is 5.69 Å². The second-order valence-electron chi connectivity index (χ2n) is 4.41. The van der Waals surface area contributed by atoms with Crippen molar-refractivity contribution in [1.29, 1.82) is 0 Å². The van der Waals surface area contributed by atoms with E-state index in [4.69, 9.17) is 4.74 Å². The Kier molecular flexibility index (Phi) is 2.95. The molecule has 1 aliphatic heterocycles. The minimum absolute atomic E-state index is 0. The van der Waals surface area contributed by atoms with Crippen LogP contribution in [0.3, 0.4) is 0 Å². The zero-order chi connectivity index (χ0) is 9.43. The first-order valence-electron chi connectivity index (χ1n) is 5.03. The molecule has 1 aromatic rings. The fourth-order valence-corrected chi connectivity index (χ4v) is 2.29. The van der Waals surface area contributed by atoms with Crippen LogP contribution in [0.5, 0.6) is 0 Å².